The van der Waals surface area contributed by atoms with Crippen molar-refractivity contribution in [2.45, 2.75) is 26.6 Å². The first kappa shape index (κ1) is 13.8. The van der Waals surface area contributed by atoms with Gasteiger partial charge in [-0.05, 0) is 35.7 Å². The summed E-state index contributed by atoms with van der Waals surface area (Å²) in [7, 11) is 2.63. The monoisotopic (exact) mass is 345 g/mol. The van der Waals surface area contributed by atoms with E-state index in [0.29, 0.717) is 11.5 Å². The molecule has 0 radical (unpaired) electrons. The molecular formula is C11H14BINOP. The molecule has 1 aromatic rings. The first-order valence-electron chi connectivity index (χ1n) is 5.10. The molecule has 0 bridgehead atoms. The van der Waals surface area contributed by atoms with Crippen LogP contribution >= 0.6 is 31.6 Å². The van der Waals surface area contributed by atoms with Crippen molar-refractivity contribution in [1.29, 1.82) is 5.26 Å². The van der Waals surface area contributed by atoms with E-state index in [1.54, 1.807) is 0 Å². The van der Waals surface area contributed by atoms with Gasteiger partial charge in [0.25, 0.3) is 0 Å². The van der Waals surface area contributed by atoms with Crippen molar-refractivity contribution in [1.82, 2.24) is 0 Å². The Morgan fingerprint density at radius 1 is 1.50 bits per heavy atom. The summed E-state index contributed by atoms with van der Waals surface area (Å²) in [6, 6.07) is 6.09. The summed E-state index contributed by atoms with van der Waals surface area (Å²) >= 11 is 2.19. The Morgan fingerprint density at radius 3 is 2.56 bits per heavy atom. The molecule has 1 unspecified atom stereocenters. The van der Waals surface area contributed by atoms with Crippen LogP contribution in [0, 0.1) is 11.3 Å². The van der Waals surface area contributed by atoms with E-state index < -0.39 is 0 Å². The molecule has 0 aliphatic carbocycles. The minimum atomic E-state index is 0.0533. The Morgan fingerprint density at radius 2 is 2.12 bits per heavy atom. The van der Waals surface area contributed by atoms with E-state index in [1.807, 2.05) is 12.9 Å². The molecule has 0 spiro atoms. The molecule has 0 N–H and O–H groups in total. The van der Waals surface area contributed by atoms with Crippen LogP contribution < -0.4 is 9.96 Å². The lowest BCUT2D eigenvalue weighted by atomic mass is 9.97. The van der Waals surface area contributed by atoms with E-state index in [1.165, 1.54) is 0 Å². The fourth-order valence-electron chi connectivity index (χ4n) is 1.48. The van der Waals surface area contributed by atoms with Crippen molar-refractivity contribution in [2.75, 3.05) is 0 Å². The van der Waals surface area contributed by atoms with Gasteiger partial charge in [-0.15, -0.1) is 9.24 Å². The fourth-order valence-corrected chi connectivity index (χ4v) is 2.08. The lowest BCUT2D eigenvalue weighted by molar-refractivity contribution is 0.578. The molecule has 84 valence electrons. The van der Waals surface area contributed by atoms with Crippen LogP contribution in [0.1, 0.15) is 30.9 Å². The zero-order valence-electron chi connectivity index (χ0n) is 9.62. The van der Waals surface area contributed by atoms with Crippen LogP contribution in [0.4, 0.5) is 0 Å². The molecule has 2 nitrogen and oxygen atoms in total. The van der Waals surface area contributed by atoms with Crippen LogP contribution in [0.3, 0.4) is 0 Å². The number of hydrogen-bond donors (Lipinski definition) is 0. The number of nitrogens with zero attached hydrogens (tertiary/aromatic N) is 1. The van der Waals surface area contributed by atoms with Gasteiger partial charge in [-0.25, -0.2) is 0 Å². The second-order valence-electron chi connectivity index (χ2n) is 3.91. The zero-order chi connectivity index (χ0) is 12.3. The van der Waals surface area contributed by atoms with E-state index in [9.17, 15) is 0 Å². The number of halogens is 1. The highest BCUT2D eigenvalue weighted by Gasteiger charge is 2.16. The van der Waals surface area contributed by atoms with Gasteiger partial charge in [-0.1, -0.05) is 36.2 Å². The van der Waals surface area contributed by atoms with Gasteiger partial charge in [-0.2, -0.15) is 5.26 Å². The predicted molar refractivity (Wildman–Crippen MR) is 80.9 cm³/mol. The summed E-state index contributed by atoms with van der Waals surface area (Å²) < 4.78 is 5.79. The summed E-state index contributed by atoms with van der Waals surface area (Å²) in [6.07, 6.45) is 0. The second kappa shape index (κ2) is 5.88. The van der Waals surface area contributed by atoms with Crippen LogP contribution in [0.25, 0.3) is 0 Å². The van der Waals surface area contributed by atoms with E-state index >= 15 is 0 Å². The van der Waals surface area contributed by atoms with E-state index in [0.717, 1.165) is 16.6 Å². The van der Waals surface area contributed by atoms with Gasteiger partial charge in [0.1, 0.15) is 11.8 Å². The topological polar surface area (TPSA) is 33.0 Å². The Kier molecular flexibility index (Phi) is 5.07. The molecule has 1 rings (SSSR count). The Balaban J connectivity index is 3.34. The number of benzene rings is 1. The largest absolute Gasteiger partial charge is 0.550 e. The summed E-state index contributed by atoms with van der Waals surface area (Å²) in [6.45, 7) is 6.16. The second-order valence-corrected chi connectivity index (χ2v) is 6.34. The summed E-state index contributed by atoms with van der Waals surface area (Å²) in [5.74, 6) is 1.07. The van der Waals surface area contributed by atoms with E-state index in [4.69, 9.17) is 9.92 Å². The van der Waals surface area contributed by atoms with E-state index in [2.05, 4.69) is 57.6 Å². The molecule has 0 aromatic heterocycles. The lowest BCUT2D eigenvalue weighted by Crippen LogP contribution is -2.13. The molecular weight excluding hydrogens is 331 g/mol. The molecule has 5 heteroatoms. The highest BCUT2D eigenvalue weighted by atomic mass is 127. The Labute approximate surface area is 113 Å². The fraction of sp³-hybridized carbons (Fsp3) is 0.364. The van der Waals surface area contributed by atoms with Crippen LogP contribution in [0.15, 0.2) is 12.1 Å². The average molecular weight is 345 g/mol. The molecule has 0 amide bonds. The van der Waals surface area contributed by atoms with Gasteiger partial charge in [0.05, 0.1) is 5.56 Å². The molecule has 16 heavy (non-hydrogen) atoms. The molecule has 0 heterocycles. The molecule has 0 saturated carbocycles. The first-order chi connectivity index (χ1) is 7.45. The third-order valence-electron chi connectivity index (χ3n) is 2.16. The van der Waals surface area contributed by atoms with Gasteiger partial charge < -0.3 is 4.65 Å². The molecule has 0 fully saturated rings. The van der Waals surface area contributed by atoms with Crippen molar-refractivity contribution in [3.8, 4) is 11.8 Å². The van der Waals surface area contributed by atoms with Crippen molar-refractivity contribution < 1.29 is 4.65 Å². The van der Waals surface area contributed by atoms with Crippen LogP contribution in [-0.2, 0) is 0 Å². The standard InChI is InChI=1S/C11H14BINOP/c1-7(2)10-5-9(16)4-8(6-14)11(10)15-12(3)13/h4-5,7H,16H2,1-3H3. The highest BCUT2D eigenvalue weighted by molar-refractivity contribution is 14.1. The minimum Gasteiger partial charge on any atom is -0.550 e. The maximum atomic E-state index is 9.12. The molecule has 0 aliphatic heterocycles. The van der Waals surface area contributed by atoms with Crippen molar-refractivity contribution in [2.24, 2.45) is 0 Å². The summed E-state index contributed by atoms with van der Waals surface area (Å²) in [5, 5.41) is 10.1. The van der Waals surface area contributed by atoms with Gasteiger partial charge in [0.2, 0.25) is 0 Å². The number of nitriles is 1. The average Bonchev–Trinajstić information content (AvgIpc) is 2.19. The van der Waals surface area contributed by atoms with Gasteiger partial charge in [0, 0.05) is 0 Å². The lowest BCUT2D eigenvalue weighted by Gasteiger charge is -2.17. The van der Waals surface area contributed by atoms with Crippen LogP contribution in [-0.4, -0.2) is 4.77 Å². The SMILES string of the molecule is CB(I)Oc1c(C#N)cc(P)cc1C(C)C. The quantitative estimate of drug-likeness (QED) is 0.479. The van der Waals surface area contributed by atoms with Crippen LogP contribution in [0.5, 0.6) is 5.75 Å². The molecule has 0 aliphatic rings. The number of hydrogen-bond acceptors (Lipinski definition) is 2. The Bertz CT molecular complexity index is 429. The summed E-state index contributed by atoms with van der Waals surface area (Å²) in [5.41, 5.74) is 1.70. The van der Waals surface area contributed by atoms with Crippen LogP contribution in [0.2, 0.25) is 6.82 Å². The van der Waals surface area contributed by atoms with Crippen molar-refractivity contribution in [3.63, 3.8) is 0 Å². The first-order valence-corrected chi connectivity index (χ1v) is 6.92. The van der Waals surface area contributed by atoms with E-state index in [-0.39, 0.29) is 4.77 Å². The van der Waals surface area contributed by atoms with Gasteiger partial charge in [-0.3, -0.25) is 0 Å². The maximum Gasteiger partial charge on any atom is 0.425 e. The summed E-state index contributed by atoms with van der Waals surface area (Å²) in [4.78, 5) is 0. The van der Waals surface area contributed by atoms with Crippen molar-refractivity contribution in [3.05, 3.63) is 23.3 Å². The smallest absolute Gasteiger partial charge is 0.425 e. The molecule has 0 saturated heterocycles. The highest BCUT2D eigenvalue weighted by Crippen LogP contribution is 2.30. The van der Waals surface area contributed by atoms with Gasteiger partial charge >= 0.3 is 4.77 Å². The van der Waals surface area contributed by atoms with Gasteiger partial charge in [0.15, 0.2) is 0 Å². The predicted octanol–water partition coefficient (Wildman–Crippen LogP) is 3.11. The molecule has 1 aromatic carbocycles. The minimum absolute atomic E-state index is 0.0533. The number of rotatable bonds is 3. The normalized spacial score (nSPS) is 10.1. The third kappa shape index (κ3) is 3.36. The zero-order valence-corrected chi connectivity index (χ0v) is 12.9. The molecule has 1 atom stereocenters. The third-order valence-corrected chi connectivity index (χ3v) is 2.75. The Hall–Kier alpha value is -0.265. The maximum absolute atomic E-state index is 9.12. The van der Waals surface area contributed by atoms with Crippen molar-refractivity contribution >= 4 is 41.7 Å².